The Kier molecular flexibility index (Phi) is 21.3. The summed E-state index contributed by atoms with van der Waals surface area (Å²) in [6, 6.07) is 2.42. The lowest BCUT2D eigenvalue weighted by atomic mass is 9.88. The van der Waals surface area contributed by atoms with Gasteiger partial charge >= 0.3 is 0 Å². The highest BCUT2D eigenvalue weighted by Gasteiger charge is 2.17. The molecule has 4 heteroatoms. The standard InChI is InChI=1S/2C8H13N.C6H10N2.3C2H6/c1-8(2,3)7-4-5-9-6-7;1-8(2,3)7-5-4-6-9-7;1-6(2)8-5-3-4-7-8;3*1-2/h4,6H,5H2,1-3H3;4-5H,6H2,1-3H3;3-6H,1-2H3;3*1-2H3. The van der Waals surface area contributed by atoms with Crippen molar-refractivity contribution in [1.82, 2.24) is 9.78 Å². The van der Waals surface area contributed by atoms with E-state index in [1.165, 1.54) is 11.3 Å². The molecule has 3 rings (SSSR count). The van der Waals surface area contributed by atoms with E-state index in [0.29, 0.717) is 11.5 Å². The van der Waals surface area contributed by atoms with E-state index in [0.717, 1.165) is 13.1 Å². The van der Waals surface area contributed by atoms with Crippen LogP contribution >= 0.6 is 0 Å². The zero-order valence-electron chi connectivity index (χ0n) is 23.8. The van der Waals surface area contributed by atoms with Gasteiger partial charge in [0.1, 0.15) is 0 Å². The Labute approximate surface area is 201 Å². The van der Waals surface area contributed by atoms with Crippen molar-refractivity contribution < 1.29 is 0 Å². The lowest BCUT2D eigenvalue weighted by Gasteiger charge is -2.16. The Morgan fingerprint density at radius 2 is 1.41 bits per heavy atom. The molecule has 0 aromatic carbocycles. The predicted octanol–water partition coefficient (Wildman–Crippen LogP) is 8.63. The number of allylic oxidation sites excluding steroid dienone is 2. The van der Waals surface area contributed by atoms with Crippen LogP contribution in [0.25, 0.3) is 0 Å². The van der Waals surface area contributed by atoms with Gasteiger partial charge in [0.2, 0.25) is 0 Å². The van der Waals surface area contributed by atoms with E-state index >= 15 is 0 Å². The third-order valence-electron chi connectivity index (χ3n) is 3.98. The van der Waals surface area contributed by atoms with E-state index in [-0.39, 0.29) is 5.41 Å². The molecule has 186 valence electrons. The van der Waals surface area contributed by atoms with Crippen LogP contribution in [0.3, 0.4) is 0 Å². The van der Waals surface area contributed by atoms with Gasteiger partial charge in [0.15, 0.2) is 0 Å². The highest BCUT2D eigenvalue weighted by molar-refractivity contribution is 6.00. The molecular weight excluding hydrogens is 392 g/mol. The largest absolute Gasteiger partial charge is 0.289 e. The van der Waals surface area contributed by atoms with Crippen LogP contribution < -0.4 is 0 Å². The Balaban J connectivity index is -0.000000353. The van der Waals surface area contributed by atoms with Crippen LogP contribution in [0, 0.1) is 10.8 Å². The molecule has 0 N–H and O–H groups in total. The summed E-state index contributed by atoms with van der Waals surface area (Å²) in [4.78, 5) is 8.43. The number of hydrogen-bond acceptors (Lipinski definition) is 3. The van der Waals surface area contributed by atoms with Crippen molar-refractivity contribution in [3.8, 4) is 0 Å². The molecule has 0 amide bonds. The van der Waals surface area contributed by atoms with Crippen molar-refractivity contribution in [2.45, 2.75) is 103 Å². The quantitative estimate of drug-likeness (QED) is 0.425. The van der Waals surface area contributed by atoms with Gasteiger partial charge in [-0.2, -0.15) is 5.10 Å². The SMILES string of the molecule is CC.CC.CC.CC(C)(C)C1=CCN=C1.CC(C)(C)C1=NCC=C1.CC(C)n1cccn1. The summed E-state index contributed by atoms with van der Waals surface area (Å²) < 4.78 is 1.92. The van der Waals surface area contributed by atoms with Crippen molar-refractivity contribution in [3.05, 3.63) is 42.3 Å². The van der Waals surface area contributed by atoms with Crippen molar-refractivity contribution in [2.75, 3.05) is 13.1 Å². The topological polar surface area (TPSA) is 42.5 Å². The minimum absolute atomic E-state index is 0.243. The van der Waals surface area contributed by atoms with Crippen LogP contribution in [0.2, 0.25) is 0 Å². The summed E-state index contributed by atoms with van der Waals surface area (Å²) in [7, 11) is 0. The summed E-state index contributed by atoms with van der Waals surface area (Å²) in [5.41, 5.74) is 3.12. The molecule has 3 heterocycles. The number of aromatic nitrogens is 2. The molecule has 4 nitrogen and oxygen atoms in total. The monoisotopic (exact) mass is 446 g/mol. The Morgan fingerprint density at radius 3 is 1.59 bits per heavy atom. The first kappa shape index (κ1) is 34.6. The van der Waals surface area contributed by atoms with Gasteiger partial charge in [-0.1, -0.05) is 95.2 Å². The van der Waals surface area contributed by atoms with Crippen LogP contribution in [0.5, 0.6) is 0 Å². The van der Waals surface area contributed by atoms with Gasteiger partial charge in [0.05, 0.1) is 13.1 Å². The van der Waals surface area contributed by atoms with Gasteiger partial charge in [0.25, 0.3) is 0 Å². The molecule has 1 aromatic rings. The summed E-state index contributed by atoms with van der Waals surface area (Å²) in [5, 5.41) is 4.03. The first-order chi connectivity index (χ1) is 15.0. The van der Waals surface area contributed by atoms with E-state index < -0.39 is 0 Å². The zero-order valence-corrected chi connectivity index (χ0v) is 23.8. The third kappa shape index (κ3) is 16.7. The van der Waals surface area contributed by atoms with Crippen molar-refractivity contribution in [3.63, 3.8) is 0 Å². The van der Waals surface area contributed by atoms with Crippen LogP contribution in [0.15, 0.2) is 52.2 Å². The maximum absolute atomic E-state index is 4.31. The molecule has 0 bridgehead atoms. The zero-order chi connectivity index (χ0) is 25.8. The summed E-state index contributed by atoms with van der Waals surface area (Å²) in [6.45, 7) is 31.1. The van der Waals surface area contributed by atoms with Crippen LogP contribution in [-0.2, 0) is 0 Å². The number of hydrogen-bond donors (Lipinski definition) is 0. The van der Waals surface area contributed by atoms with Gasteiger partial charge < -0.3 is 0 Å². The number of nitrogens with zero attached hydrogens (tertiary/aromatic N) is 4. The molecule has 0 unspecified atom stereocenters. The van der Waals surface area contributed by atoms with Gasteiger partial charge in [-0.05, 0) is 37.0 Å². The summed E-state index contributed by atoms with van der Waals surface area (Å²) in [6.07, 6.45) is 12.1. The van der Waals surface area contributed by atoms with Gasteiger partial charge in [-0.3, -0.25) is 14.7 Å². The van der Waals surface area contributed by atoms with E-state index in [1.807, 2.05) is 64.7 Å². The fourth-order valence-electron chi connectivity index (χ4n) is 2.30. The fourth-order valence-corrected chi connectivity index (χ4v) is 2.30. The van der Waals surface area contributed by atoms with Crippen LogP contribution in [0.4, 0.5) is 0 Å². The van der Waals surface area contributed by atoms with Gasteiger partial charge in [0, 0.05) is 35.8 Å². The Morgan fingerprint density at radius 1 is 0.844 bits per heavy atom. The molecule has 2 aliphatic heterocycles. The van der Waals surface area contributed by atoms with E-state index in [9.17, 15) is 0 Å². The van der Waals surface area contributed by atoms with Gasteiger partial charge in [-0.15, -0.1) is 0 Å². The minimum atomic E-state index is 0.243. The highest BCUT2D eigenvalue weighted by Crippen LogP contribution is 2.25. The third-order valence-corrected chi connectivity index (χ3v) is 3.98. The number of aliphatic imine (C=N–C) groups is 2. The van der Waals surface area contributed by atoms with Crippen LogP contribution in [-0.4, -0.2) is 34.8 Å². The second-order valence-electron chi connectivity index (χ2n) is 8.86. The van der Waals surface area contributed by atoms with Crippen molar-refractivity contribution >= 4 is 11.9 Å². The minimum Gasteiger partial charge on any atom is -0.289 e. The molecule has 2 aliphatic rings. The molecule has 32 heavy (non-hydrogen) atoms. The average Bonchev–Trinajstić information content (AvgIpc) is 3.56. The summed E-state index contributed by atoms with van der Waals surface area (Å²) in [5.74, 6) is 0. The molecule has 0 saturated carbocycles. The van der Waals surface area contributed by atoms with Crippen molar-refractivity contribution in [2.24, 2.45) is 20.8 Å². The molecule has 0 radical (unpaired) electrons. The summed E-state index contributed by atoms with van der Waals surface area (Å²) >= 11 is 0. The predicted molar refractivity (Wildman–Crippen MR) is 148 cm³/mol. The second kappa shape index (κ2) is 19.7. The first-order valence-electron chi connectivity index (χ1n) is 12.4. The van der Waals surface area contributed by atoms with Gasteiger partial charge in [-0.25, -0.2) is 0 Å². The number of rotatable bonds is 1. The molecule has 1 aromatic heterocycles. The lowest BCUT2D eigenvalue weighted by molar-refractivity contribution is 0.527. The first-order valence-corrected chi connectivity index (χ1v) is 12.4. The maximum Gasteiger partial charge on any atom is 0.0577 e. The average molecular weight is 447 g/mol. The Hall–Kier alpha value is -1.97. The maximum atomic E-state index is 4.31. The molecular formula is C28H54N4. The molecule has 0 spiro atoms. The van der Waals surface area contributed by atoms with E-state index in [1.54, 1.807) is 6.20 Å². The second-order valence-corrected chi connectivity index (χ2v) is 8.86. The van der Waals surface area contributed by atoms with E-state index in [4.69, 9.17) is 0 Å². The molecule has 0 fully saturated rings. The molecule has 0 atom stereocenters. The Bertz CT molecular complexity index is 607. The lowest BCUT2D eigenvalue weighted by Crippen LogP contribution is -2.16. The molecule has 0 aliphatic carbocycles. The van der Waals surface area contributed by atoms with Crippen LogP contribution in [0.1, 0.15) is 103 Å². The highest BCUT2D eigenvalue weighted by atomic mass is 15.3. The fraction of sp³-hybridized carbons (Fsp3) is 0.679. The normalized spacial score (nSPS) is 13.5. The van der Waals surface area contributed by atoms with Crippen molar-refractivity contribution in [1.29, 1.82) is 0 Å². The van der Waals surface area contributed by atoms with E-state index in [2.05, 4.69) is 88.7 Å². The smallest absolute Gasteiger partial charge is 0.0577 e. The molecule has 0 saturated heterocycles.